The molecule has 0 spiro atoms. The molecule has 96 valence electrons. The van der Waals surface area contributed by atoms with E-state index < -0.39 is 0 Å². The first kappa shape index (κ1) is 13.7. The van der Waals surface area contributed by atoms with E-state index in [4.69, 9.17) is 10.8 Å². The van der Waals surface area contributed by atoms with E-state index in [2.05, 4.69) is 10.3 Å². The van der Waals surface area contributed by atoms with Crippen molar-refractivity contribution in [3.8, 4) is 0 Å². The molecule has 0 bridgehead atoms. The molecule has 1 heterocycles. The van der Waals surface area contributed by atoms with Crippen molar-refractivity contribution >= 4 is 28.2 Å². The van der Waals surface area contributed by atoms with Gasteiger partial charge in [-0.3, -0.25) is 4.79 Å². The van der Waals surface area contributed by atoms with Gasteiger partial charge < -0.3 is 21.1 Å². The molecule has 4 N–H and O–H groups in total. The van der Waals surface area contributed by atoms with Gasteiger partial charge in [0.05, 0.1) is 0 Å². The summed E-state index contributed by atoms with van der Waals surface area (Å²) in [5.74, 6) is 0.0302. The van der Waals surface area contributed by atoms with E-state index in [0.717, 1.165) is 0 Å². The number of nitrogens with two attached hydrogens (primary N) is 1. The second kappa shape index (κ2) is 5.83. The predicted molar refractivity (Wildman–Crippen MR) is 69.4 cm³/mol. The monoisotopic (exact) mass is 258 g/mol. The number of aliphatic hydroxyl groups is 1. The van der Waals surface area contributed by atoms with Crippen molar-refractivity contribution in [2.45, 2.75) is 6.92 Å². The SMILES string of the molecule is CC(CO)CNC(=O)c1sc(N(C)C)nc1N. The number of nitrogen functional groups attached to an aromatic ring is 1. The molecule has 6 nitrogen and oxygen atoms in total. The lowest BCUT2D eigenvalue weighted by Gasteiger charge is -2.08. The standard InChI is InChI=1S/C10H18N4O2S/c1-6(5-15)4-12-9(16)7-8(11)13-10(17-7)14(2)3/h6,15H,4-5,11H2,1-3H3,(H,12,16). The van der Waals surface area contributed by atoms with Gasteiger partial charge in [-0.1, -0.05) is 18.3 Å². The van der Waals surface area contributed by atoms with Crippen molar-refractivity contribution in [3.05, 3.63) is 4.88 Å². The molecule has 1 atom stereocenters. The van der Waals surface area contributed by atoms with Crippen molar-refractivity contribution in [2.24, 2.45) is 5.92 Å². The Morgan fingerprint density at radius 3 is 2.76 bits per heavy atom. The van der Waals surface area contributed by atoms with Crippen LogP contribution in [-0.4, -0.2) is 43.2 Å². The van der Waals surface area contributed by atoms with Crippen molar-refractivity contribution in [1.82, 2.24) is 10.3 Å². The zero-order chi connectivity index (χ0) is 13.0. The predicted octanol–water partition coefficient (Wildman–Crippen LogP) is 0.150. The van der Waals surface area contributed by atoms with Crippen LogP contribution in [0.3, 0.4) is 0 Å². The Balaban J connectivity index is 2.69. The van der Waals surface area contributed by atoms with Gasteiger partial charge in [0.15, 0.2) is 5.13 Å². The summed E-state index contributed by atoms with van der Waals surface area (Å²) in [7, 11) is 3.68. The van der Waals surface area contributed by atoms with Gasteiger partial charge in [0.25, 0.3) is 5.91 Å². The number of nitrogens with zero attached hydrogens (tertiary/aromatic N) is 2. The molecule has 0 aliphatic rings. The van der Waals surface area contributed by atoms with Crippen molar-refractivity contribution in [1.29, 1.82) is 0 Å². The minimum Gasteiger partial charge on any atom is -0.396 e. The lowest BCUT2D eigenvalue weighted by atomic mass is 10.2. The normalized spacial score (nSPS) is 12.2. The van der Waals surface area contributed by atoms with Crippen LogP contribution in [-0.2, 0) is 0 Å². The number of carbonyl (C=O) groups excluding carboxylic acids is 1. The van der Waals surface area contributed by atoms with Crippen LogP contribution in [0.1, 0.15) is 16.6 Å². The number of anilines is 2. The Bertz CT molecular complexity index is 392. The van der Waals surface area contributed by atoms with E-state index in [0.29, 0.717) is 16.6 Å². The van der Waals surface area contributed by atoms with Gasteiger partial charge in [-0.2, -0.15) is 0 Å². The molecule has 0 aliphatic carbocycles. The minimum absolute atomic E-state index is 0.0291. The number of hydrogen-bond acceptors (Lipinski definition) is 6. The largest absolute Gasteiger partial charge is 0.396 e. The van der Waals surface area contributed by atoms with Crippen LogP contribution in [0.5, 0.6) is 0 Å². The Morgan fingerprint density at radius 2 is 2.29 bits per heavy atom. The van der Waals surface area contributed by atoms with Crippen molar-refractivity contribution < 1.29 is 9.90 Å². The number of aliphatic hydroxyl groups excluding tert-OH is 1. The maximum Gasteiger partial charge on any atom is 0.265 e. The summed E-state index contributed by atoms with van der Waals surface area (Å²) in [4.78, 5) is 18.1. The molecular weight excluding hydrogens is 240 g/mol. The average Bonchev–Trinajstić information content (AvgIpc) is 2.68. The van der Waals surface area contributed by atoms with E-state index in [-0.39, 0.29) is 24.2 Å². The number of thiazole rings is 1. The van der Waals surface area contributed by atoms with Crippen LogP contribution >= 0.6 is 11.3 Å². The molecule has 0 fully saturated rings. The molecule has 0 saturated carbocycles. The second-order valence-electron chi connectivity index (χ2n) is 4.10. The Labute approximate surface area is 104 Å². The maximum absolute atomic E-state index is 11.8. The average molecular weight is 258 g/mol. The number of rotatable bonds is 5. The summed E-state index contributed by atoms with van der Waals surface area (Å²) in [5, 5.41) is 12.3. The van der Waals surface area contributed by atoms with E-state index >= 15 is 0 Å². The summed E-state index contributed by atoms with van der Waals surface area (Å²) in [6.07, 6.45) is 0. The van der Waals surface area contributed by atoms with E-state index in [1.807, 2.05) is 21.0 Å². The van der Waals surface area contributed by atoms with E-state index in [1.54, 1.807) is 4.90 Å². The smallest absolute Gasteiger partial charge is 0.265 e. The number of hydrogen-bond donors (Lipinski definition) is 3. The Hall–Kier alpha value is -1.34. The summed E-state index contributed by atoms with van der Waals surface area (Å²) < 4.78 is 0. The summed E-state index contributed by atoms with van der Waals surface area (Å²) in [6.45, 7) is 2.31. The molecule has 1 rings (SSSR count). The first-order chi connectivity index (χ1) is 7.95. The van der Waals surface area contributed by atoms with Crippen LogP contribution in [0, 0.1) is 5.92 Å². The highest BCUT2D eigenvalue weighted by atomic mass is 32.1. The lowest BCUT2D eigenvalue weighted by molar-refractivity contribution is 0.0947. The third-order valence-electron chi connectivity index (χ3n) is 2.15. The fourth-order valence-electron chi connectivity index (χ4n) is 1.09. The third-order valence-corrected chi connectivity index (χ3v) is 3.39. The summed E-state index contributed by atoms with van der Waals surface area (Å²) in [6, 6.07) is 0. The number of amides is 1. The quantitative estimate of drug-likeness (QED) is 0.699. The van der Waals surface area contributed by atoms with E-state index in [9.17, 15) is 4.79 Å². The van der Waals surface area contributed by atoms with Crippen LogP contribution in [0.4, 0.5) is 10.9 Å². The summed E-state index contributed by atoms with van der Waals surface area (Å²) >= 11 is 1.25. The molecule has 1 aromatic rings. The summed E-state index contributed by atoms with van der Waals surface area (Å²) in [5.41, 5.74) is 5.68. The molecule has 0 aromatic carbocycles. The molecule has 1 unspecified atom stereocenters. The van der Waals surface area contributed by atoms with Gasteiger partial charge in [-0.15, -0.1) is 0 Å². The zero-order valence-corrected chi connectivity index (χ0v) is 11.0. The van der Waals surface area contributed by atoms with Crippen LogP contribution in [0.2, 0.25) is 0 Å². The molecule has 1 aromatic heterocycles. The molecule has 0 radical (unpaired) electrons. The van der Waals surface area contributed by atoms with Gasteiger partial charge in [-0.05, 0) is 5.92 Å². The number of aromatic nitrogens is 1. The van der Waals surface area contributed by atoms with Gasteiger partial charge in [0, 0.05) is 27.2 Å². The highest BCUT2D eigenvalue weighted by Crippen LogP contribution is 2.26. The van der Waals surface area contributed by atoms with Gasteiger partial charge in [0.1, 0.15) is 10.7 Å². The molecule has 0 aliphatic heterocycles. The number of carbonyl (C=O) groups is 1. The Kier molecular flexibility index (Phi) is 4.71. The topological polar surface area (TPSA) is 91.5 Å². The van der Waals surface area contributed by atoms with Crippen LogP contribution in [0.25, 0.3) is 0 Å². The second-order valence-corrected chi connectivity index (χ2v) is 5.08. The molecular formula is C10H18N4O2S. The lowest BCUT2D eigenvalue weighted by Crippen LogP contribution is -2.29. The highest BCUT2D eigenvalue weighted by Gasteiger charge is 2.17. The molecule has 1 amide bonds. The minimum atomic E-state index is -0.242. The van der Waals surface area contributed by atoms with Gasteiger partial charge in [-0.25, -0.2) is 4.98 Å². The van der Waals surface area contributed by atoms with Crippen LogP contribution in [0.15, 0.2) is 0 Å². The van der Waals surface area contributed by atoms with Crippen molar-refractivity contribution in [3.63, 3.8) is 0 Å². The molecule has 0 saturated heterocycles. The Morgan fingerprint density at radius 1 is 1.65 bits per heavy atom. The molecule has 7 heteroatoms. The number of nitrogens with one attached hydrogen (secondary N) is 1. The van der Waals surface area contributed by atoms with E-state index in [1.165, 1.54) is 11.3 Å². The highest BCUT2D eigenvalue weighted by molar-refractivity contribution is 7.18. The fraction of sp³-hybridized carbons (Fsp3) is 0.600. The third kappa shape index (κ3) is 3.57. The fourth-order valence-corrected chi connectivity index (χ4v) is 1.91. The first-order valence-corrected chi connectivity index (χ1v) is 6.10. The first-order valence-electron chi connectivity index (χ1n) is 5.28. The zero-order valence-electron chi connectivity index (χ0n) is 10.2. The van der Waals surface area contributed by atoms with Gasteiger partial charge >= 0.3 is 0 Å². The van der Waals surface area contributed by atoms with Crippen LogP contribution < -0.4 is 16.0 Å². The maximum atomic E-state index is 11.8. The van der Waals surface area contributed by atoms with Crippen molar-refractivity contribution in [2.75, 3.05) is 37.9 Å². The molecule has 17 heavy (non-hydrogen) atoms. The van der Waals surface area contributed by atoms with Gasteiger partial charge in [0.2, 0.25) is 0 Å².